The normalized spacial score (nSPS) is 11.2. The van der Waals surface area contributed by atoms with Gasteiger partial charge >= 0.3 is 18.1 Å². The molecule has 0 bridgehead atoms. The fourth-order valence-electron chi connectivity index (χ4n) is 2.49. The Hall–Kier alpha value is -3.50. The number of alkyl halides is 3. The number of pyridine rings is 1. The zero-order valence-corrected chi connectivity index (χ0v) is 13.0. The number of aromatic carboxylic acids is 2. The molecule has 0 aliphatic heterocycles. The second-order valence-electron chi connectivity index (χ2n) is 4.99. The summed E-state index contributed by atoms with van der Waals surface area (Å²) in [4.78, 5) is 36.8. The molecule has 1 heterocycles. The van der Waals surface area contributed by atoms with Crippen LogP contribution >= 0.6 is 0 Å². The van der Waals surface area contributed by atoms with E-state index in [4.69, 9.17) is 10.5 Å². The molecule has 0 fully saturated rings. The lowest BCUT2D eigenvalue weighted by Crippen LogP contribution is -2.24. The number of rotatable bonds is 4. The molecule has 0 aliphatic rings. The zero-order chi connectivity index (χ0) is 19.8. The van der Waals surface area contributed by atoms with Crippen LogP contribution in [0.15, 0.2) is 23.0 Å². The van der Waals surface area contributed by atoms with Crippen LogP contribution in [0.2, 0.25) is 0 Å². The van der Waals surface area contributed by atoms with Gasteiger partial charge in [0.2, 0.25) is 0 Å². The van der Waals surface area contributed by atoms with Gasteiger partial charge in [-0.05, 0) is 6.07 Å². The lowest BCUT2D eigenvalue weighted by molar-refractivity contribution is -0.138. The number of nitrogens with two attached hydrogens (primary N) is 1. The Bertz CT molecular complexity index is 965. The quantitative estimate of drug-likeness (QED) is 0.643. The summed E-state index contributed by atoms with van der Waals surface area (Å²) in [6.45, 7) is 0. The molecule has 0 saturated carbocycles. The van der Waals surface area contributed by atoms with Crippen molar-refractivity contribution >= 4 is 17.8 Å². The molecular weight excluding hydrogens is 361 g/mol. The number of carbonyl (C=O) groups is 2. The maximum absolute atomic E-state index is 13.2. The number of hydrogen-bond acceptors (Lipinski definition) is 5. The Kier molecular flexibility index (Phi) is 4.65. The summed E-state index contributed by atoms with van der Waals surface area (Å²) in [5.74, 6) is -5.13. The number of anilines is 1. The highest BCUT2D eigenvalue weighted by Crippen LogP contribution is 2.43. The van der Waals surface area contributed by atoms with Crippen LogP contribution in [0.5, 0.6) is 5.75 Å². The summed E-state index contributed by atoms with van der Waals surface area (Å²) in [6, 6.07) is 2.59. The molecular formula is C15H11F3N2O6. The number of H-pyrrole nitrogens is 1. The van der Waals surface area contributed by atoms with Gasteiger partial charge in [0.05, 0.1) is 12.7 Å². The second kappa shape index (κ2) is 6.43. The number of carboxylic acid groups (broad SMARTS) is 2. The van der Waals surface area contributed by atoms with Crippen LogP contribution in [0, 0.1) is 0 Å². The number of halogens is 3. The molecule has 0 unspecified atom stereocenters. The maximum Gasteiger partial charge on any atom is 0.419 e. The monoisotopic (exact) mass is 372 g/mol. The molecule has 0 atom stereocenters. The summed E-state index contributed by atoms with van der Waals surface area (Å²) in [5, 5.41) is 18.6. The molecule has 138 valence electrons. The first-order valence-electron chi connectivity index (χ1n) is 6.77. The van der Waals surface area contributed by atoms with E-state index in [9.17, 15) is 37.8 Å². The Morgan fingerprint density at radius 2 is 1.73 bits per heavy atom. The molecule has 8 nitrogen and oxygen atoms in total. The second-order valence-corrected chi connectivity index (χ2v) is 4.99. The summed E-state index contributed by atoms with van der Waals surface area (Å²) >= 11 is 0. The number of aromatic amines is 1. The standard InChI is InChI=1S/C15H11F3N2O6/c1-26-10-5(3-2-4-6(10)15(16,17)18)7-8(13(22)23)11(19)20-12(21)9(7)14(24)25/h2-4H,1H3,(H,22,23)(H,24,25)(H3,19,20,21). The van der Waals surface area contributed by atoms with Crippen LogP contribution in [-0.4, -0.2) is 34.2 Å². The van der Waals surface area contributed by atoms with E-state index in [0.717, 1.165) is 19.2 Å². The molecule has 0 radical (unpaired) electrons. The van der Waals surface area contributed by atoms with Crippen molar-refractivity contribution in [2.75, 3.05) is 12.8 Å². The zero-order valence-electron chi connectivity index (χ0n) is 13.0. The molecule has 5 N–H and O–H groups in total. The van der Waals surface area contributed by atoms with Gasteiger partial charge in [0.15, 0.2) is 0 Å². The highest BCUT2D eigenvalue weighted by molar-refractivity contribution is 6.08. The number of para-hydroxylation sites is 1. The van der Waals surface area contributed by atoms with Gasteiger partial charge in [0, 0.05) is 11.1 Å². The highest BCUT2D eigenvalue weighted by Gasteiger charge is 2.37. The average molecular weight is 372 g/mol. The topological polar surface area (TPSA) is 143 Å². The molecule has 0 saturated heterocycles. The van der Waals surface area contributed by atoms with Gasteiger partial charge in [-0.3, -0.25) is 4.79 Å². The molecule has 11 heteroatoms. The average Bonchev–Trinajstić information content (AvgIpc) is 2.51. The van der Waals surface area contributed by atoms with Crippen LogP contribution in [0.3, 0.4) is 0 Å². The molecule has 2 aromatic rings. The van der Waals surface area contributed by atoms with E-state index in [0.29, 0.717) is 6.07 Å². The molecule has 1 aromatic heterocycles. The van der Waals surface area contributed by atoms with Crippen LogP contribution in [0.4, 0.5) is 19.0 Å². The summed E-state index contributed by atoms with van der Waals surface area (Å²) in [5.41, 5.74) is -0.356. The van der Waals surface area contributed by atoms with E-state index < -0.39 is 63.1 Å². The van der Waals surface area contributed by atoms with Gasteiger partial charge in [-0.2, -0.15) is 13.2 Å². The van der Waals surface area contributed by atoms with Gasteiger partial charge in [0.1, 0.15) is 22.7 Å². The molecule has 0 spiro atoms. The molecule has 0 amide bonds. The van der Waals surface area contributed by atoms with Gasteiger partial charge in [0.25, 0.3) is 5.56 Å². The van der Waals surface area contributed by atoms with Crippen LogP contribution < -0.4 is 16.0 Å². The van der Waals surface area contributed by atoms with Crippen molar-refractivity contribution in [1.82, 2.24) is 4.98 Å². The van der Waals surface area contributed by atoms with E-state index in [-0.39, 0.29) is 0 Å². The molecule has 0 aliphatic carbocycles. The molecule has 26 heavy (non-hydrogen) atoms. The first-order chi connectivity index (χ1) is 12.0. The lowest BCUT2D eigenvalue weighted by atomic mass is 9.93. The number of nitrogen functional groups attached to an aromatic ring is 1. The predicted octanol–water partition coefficient (Wildman–Crippen LogP) is 2.05. The van der Waals surface area contributed by atoms with E-state index in [1.54, 1.807) is 0 Å². The third-order valence-corrected chi connectivity index (χ3v) is 3.47. The van der Waals surface area contributed by atoms with E-state index in [2.05, 4.69) is 0 Å². The lowest BCUT2D eigenvalue weighted by Gasteiger charge is -2.18. The van der Waals surface area contributed by atoms with Gasteiger partial charge in [-0.15, -0.1) is 0 Å². The number of nitrogens with one attached hydrogen (secondary N) is 1. The number of carboxylic acids is 2. The number of methoxy groups -OCH3 is 1. The van der Waals surface area contributed by atoms with Gasteiger partial charge < -0.3 is 25.7 Å². The SMILES string of the molecule is COc1c(-c2c(C(=O)O)c(N)[nH]c(=O)c2C(=O)O)cccc1C(F)(F)F. The Morgan fingerprint density at radius 3 is 2.19 bits per heavy atom. The summed E-state index contributed by atoms with van der Waals surface area (Å²) in [7, 11) is 0.894. The van der Waals surface area contributed by atoms with Crippen molar-refractivity contribution in [2.45, 2.75) is 6.18 Å². The number of benzene rings is 1. The molecule has 1 aromatic carbocycles. The minimum atomic E-state index is -4.87. The van der Waals surface area contributed by atoms with E-state index >= 15 is 0 Å². The Balaban J connectivity index is 3.09. The third kappa shape index (κ3) is 3.06. The summed E-state index contributed by atoms with van der Waals surface area (Å²) in [6.07, 6.45) is -4.87. The van der Waals surface area contributed by atoms with Crippen LogP contribution in [0.1, 0.15) is 26.3 Å². The molecule has 2 rings (SSSR count). The number of hydrogen-bond donors (Lipinski definition) is 4. The number of aromatic nitrogens is 1. The maximum atomic E-state index is 13.2. The fraction of sp³-hybridized carbons (Fsp3) is 0.133. The van der Waals surface area contributed by atoms with Gasteiger partial charge in [-0.1, -0.05) is 12.1 Å². The van der Waals surface area contributed by atoms with Crippen molar-refractivity contribution in [3.63, 3.8) is 0 Å². The van der Waals surface area contributed by atoms with Crippen LogP contribution in [-0.2, 0) is 6.18 Å². The number of ether oxygens (including phenoxy) is 1. The Morgan fingerprint density at radius 1 is 1.15 bits per heavy atom. The van der Waals surface area contributed by atoms with Crippen molar-refractivity contribution in [1.29, 1.82) is 0 Å². The van der Waals surface area contributed by atoms with Gasteiger partial charge in [-0.25, -0.2) is 9.59 Å². The first kappa shape index (κ1) is 18.8. The van der Waals surface area contributed by atoms with Crippen molar-refractivity contribution in [3.05, 3.63) is 45.2 Å². The third-order valence-electron chi connectivity index (χ3n) is 3.47. The van der Waals surface area contributed by atoms with E-state index in [1.807, 2.05) is 4.98 Å². The van der Waals surface area contributed by atoms with Crippen molar-refractivity contribution in [2.24, 2.45) is 0 Å². The highest BCUT2D eigenvalue weighted by atomic mass is 19.4. The predicted molar refractivity (Wildman–Crippen MR) is 82.4 cm³/mol. The summed E-state index contributed by atoms with van der Waals surface area (Å²) < 4.78 is 44.4. The first-order valence-corrected chi connectivity index (χ1v) is 6.77. The van der Waals surface area contributed by atoms with Crippen molar-refractivity contribution < 1.29 is 37.7 Å². The largest absolute Gasteiger partial charge is 0.495 e. The minimum absolute atomic E-state index is 0.546. The minimum Gasteiger partial charge on any atom is -0.495 e. The van der Waals surface area contributed by atoms with E-state index in [1.165, 1.54) is 0 Å². The Labute approximate surface area is 142 Å². The van der Waals surface area contributed by atoms with Crippen LogP contribution in [0.25, 0.3) is 11.1 Å². The van der Waals surface area contributed by atoms with Crippen molar-refractivity contribution in [3.8, 4) is 16.9 Å². The smallest absolute Gasteiger partial charge is 0.419 e. The fourth-order valence-corrected chi connectivity index (χ4v) is 2.49.